The molecule has 1 aromatic rings. The summed E-state index contributed by atoms with van der Waals surface area (Å²) in [5, 5.41) is 2.26. The van der Waals surface area contributed by atoms with Crippen LogP contribution in [0.5, 0.6) is 5.75 Å². The lowest BCUT2D eigenvalue weighted by molar-refractivity contribution is -0.164. The fraction of sp³-hybridized carbons (Fsp3) is 0.438. The van der Waals surface area contributed by atoms with Gasteiger partial charge in [0.15, 0.2) is 18.0 Å². The third-order valence-electron chi connectivity index (χ3n) is 3.51. The average molecular weight is 403 g/mol. The highest BCUT2D eigenvalue weighted by Gasteiger charge is 2.26. The molecule has 0 aliphatic carbocycles. The number of anilines is 1. The minimum atomic E-state index is -4.65. The molecule has 11 heteroatoms. The molecule has 150 valence electrons. The number of benzene rings is 1. The summed E-state index contributed by atoms with van der Waals surface area (Å²) in [6.07, 6.45) is -2.85. The standard InChI is InChI=1S/C16H21NO9S/c1-9(18)13(26-16(20)10(2)24-3)8-15(19)17-12-6-5-11(25-4)7-14(12)27(21,22)23/h5-7,10,13H,8H2,1-4H3,(H,17,19)(H,21,22,23). The number of ether oxygens (including phenoxy) is 3. The molecule has 0 aliphatic heterocycles. The van der Waals surface area contributed by atoms with Gasteiger partial charge in [-0.1, -0.05) is 0 Å². The Morgan fingerprint density at radius 1 is 1.22 bits per heavy atom. The van der Waals surface area contributed by atoms with Crippen LogP contribution in [0.1, 0.15) is 20.3 Å². The fourth-order valence-electron chi connectivity index (χ4n) is 1.92. The second kappa shape index (κ2) is 9.44. The molecule has 2 unspecified atom stereocenters. The Hall–Kier alpha value is -2.50. The Morgan fingerprint density at radius 2 is 1.85 bits per heavy atom. The Morgan fingerprint density at radius 3 is 2.33 bits per heavy atom. The van der Waals surface area contributed by atoms with Crippen LogP contribution in [0.3, 0.4) is 0 Å². The van der Waals surface area contributed by atoms with Crippen molar-refractivity contribution in [3.8, 4) is 5.75 Å². The highest BCUT2D eigenvalue weighted by molar-refractivity contribution is 7.86. The van der Waals surface area contributed by atoms with E-state index in [4.69, 9.17) is 14.2 Å². The molecule has 0 spiro atoms. The molecule has 1 rings (SSSR count). The van der Waals surface area contributed by atoms with Crippen LogP contribution >= 0.6 is 0 Å². The number of amides is 1. The molecular weight excluding hydrogens is 382 g/mol. The van der Waals surface area contributed by atoms with Crippen LogP contribution in [-0.2, 0) is 34.0 Å². The Balaban J connectivity index is 2.97. The smallest absolute Gasteiger partial charge is 0.335 e. The normalized spacial score (nSPS) is 13.4. The summed E-state index contributed by atoms with van der Waals surface area (Å²) in [7, 11) is -2.07. The lowest BCUT2D eigenvalue weighted by Gasteiger charge is -2.18. The molecule has 0 aliphatic rings. The number of rotatable bonds is 9. The molecular formula is C16H21NO9S. The molecule has 0 saturated heterocycles. The van der Waals surface area contributed by atoms with E-state index in [9.17, 15) is 27.4 Å². The molecule has 1 aromatic carbocycles. The Kier molecular flexibility index (Phi) is 7.88. The summed E-state index contributed by atoms with van der Waals surface area (Å²) in [4.78, 5) is 35.0. The van der Waals surface area contributed by atoms with Crippen molar-refractivity contribution in [1.29, 1.82) is 0 Å². The summed E-state index contributed by atoms with van der Waals surface area (Å²) < 4.78 is 46.9. The topological polar surface area (TPSA) is 145 Å². The highest BCUT2D eigenvalue weighted by atomic mass is 32.2. The van der Waals surface area contributed by atoms with Gasteiger partial charge in [-0.25, -0.2) is 4.79 Å². The van der Waals surface area contributed by atoms with Crippen LogP contribution in [0, 0.1) is 0 Å². The zero-order chi connectivity index (χ0) is 20.8. The summed E-state index contributed by atoms with van der Waals surface area (Å²) >= 11 is 0. The average Bonchev–Trinajstić information content (AvgIpc) is 2.59. The van der Waals surface area contributed by atoms with Crippen LogP contribution in [0.4, 0.5) is 5.69 Å². The van der Waals surface area contributed by atoms with E-state index in [2.05, 4.69) is 5.32 Å². The Labute approximate surface area is 156 Å². The summed E-state index contributed by atoms with van der Waals surface area (Å²) in [5.74, 6) is -2.06. The zero-order valence-electron chi connectivity index (χ0n) is 15.2. The quantitative estimate of drug-likeness (QED) is 0.452. The SMILES string of the molecule is COc1ccc(NC(=O)CC(OC(=O)C(C)OC)C(C)=O)c(S(=O)(=O)O)c1. The molecule has 0 radical (unpaired) electrons. The van der Waals surface area contributed by atoms with Gasteiger partial charge in [0.05, 0.1) is 19.2 Å². The Bertz CT molecular complexity index is 819. The fourth-order valence-corrected chi connectivity index (χ4v) is 2.58. The number of carbonyl (C=O) groups is 3. The lowest BCUT2D eigenvalue weighted by atomic mass is 10.1. The molecule has 0 aromatic heterocycles. The van der Waals surface area contributed by atoms with Crippen molar-refractivity contribution in [2.45, 2.75) is 37.4 Å². The van der Waals surface area contributed by atoms with E-state index in [0.717, 1.165) is 13.0 Å². The predicted molar refractivity (Wildman–Crippen MR) is 93.1 cm³/mol. The number of nitrogens with one attached hydrogen (secondary N) is 1. The second-order valence-electron chi connectivity index (χ2n) is 5.50. The minimum Gasteiger partial charge on any atom is -0.497 e. The van der Waals surface area contributed by atoms with Crippen molar-refractivity contribution < 1.29 is 41.6 Å². The van der Waals surface area contributed by atoms with Crippen LogP contribution < -0.4 is 10.1 Å². The van der Waals surface area contributed by atoms with Gasteiger partial charge in [-0.3, -0.25) is 14.1 Å². The first-order valence-electron chi connectivity index (χ1n) is 7.68. The van der Waals surface area contributed by atoms with Crippen molar-refractivity contribution in [2.24, 2.45) is 0 Å². The van der Waals surface area contributed by atoms with Gasteiger partial charge in [0.2, 0.25) is 5.91 Å². The second-order valence-corrected chi connectivity index (χ2v) is 6.89. The lowest BCUT2D eigenvalue weighted by Crippen LogP contribution is -2.34. The van der Waals surface area contributed by atoms with Gasteiger partial charge in [-0.2, -0.15) is 8.42 Å². The van der Waals surface area contributed by atoms with Crippen LogP contribution in [-0.4, -0.2) is 57.1 Å². The van der Waals surface area contributed by atoms with E-state index in [0.29, 0.717) is 0 Å². The maximum atomic E-state index is 12.2. The van der Waals surface area contributed by atoms with Gasteiger partial charge in [0.1, 0.15) is 10.6 Å². The molecule has 0 heterocycles. The number of hydrogen-bond donors (Lipinski definition) is 2. The first-order chi connectivity index (χ1) is 12.5. The van der Waals surface area contributed by atoms with E-state index in [1.54, 1.807) is 0 Å². The zero-order valence-corrected chi connectivity index (χ0v) is 16.0. The van der Waals surface area contributed by atoms with Crippen molar-refractivity contribution >= 4 is 33.5 Å². The van der Waals surface area contributed by atoms with Crippen LogP contribution in [0.25, 0.3) is 0 Å². The molecule has 0 saturated carbocycles. The number of carbonyl (C=O) groups excluding carboxylic acids is 3. The van der Waals surface area contributed by atoms with Crippen LogP contribution in [0.15, 0.2) is 23.1 Å². The van der Waals surface area contributed by atoms with E-state index in [-0.39, 0.29) is 11.4 Å². The number of esters is 1. The van der Waals surface area contributed by atoms with Crippen molar-refractivity contribution in [1.82, 2.24) is 0 Å². The van der Waals surface area contributed by atoms with Gasteiger partial charge < -0.3 is 19.5 Å². The number of Topliss-reactive ketones (excluding diaryl/α,β-unsaturated/α-hetero) is 1. The molecule has 2 atom stereocenters. The third kappa shape index (κ3) is 6.62. The molecule has 27 heavy (non-hydrogen) atoms. The summed E-state index contributed by atoms with van der Waals surface area (Å²) in [5.41, 5.74) is -0.220. The predicted octanol–water partition coefficient (Wildman–Crippen LogP) is 0.806. The minimum absolute atomic E-state index is 0.143. The van der Waals surface area contributed by atoms with Crippen LogP contribution in [0.2, 0.25) is 0 Å². The summed E-state index contributed by atoms with van der Waals surface area (Å²) in [6.45, 7) is 2.55. The maximum absolute atomic E-state index is 12.2. The number of ketones is 1. The highest BCUT2D eigenvalue weighted by Crippen LogP contribution is 2.26. The first kappa shape index (κ1) is 22.5. The van der Waals surface area contributed by atoms with E-state index < -0.39 is 51.3 Å². The maximum Gasteiger partial charge on any atom is 0.335 e. The van der Waals surface area contributed by atoms with Crippen molar-refractivity contribution in [3.63, 3.8) is 0 Å². The van der Waals surface area contributed by atoms with Gasteiger partial charge in [0, 0.05) is 13.2 Å². The summed E-state index contributed by atoms with van der Waals surface area (Å²) in [6, 6.07) is 3.60. The largest absolute Gasteiger partial charge is 0.497 e. The van der Waals surface area contributed by atoms with Gasteiger partial charge >= 0.3 is 5.97 Å². The molecule has 1 amide bonds. The van der Waals surface area contributed by atoms with Crippen molar-refractivity contribution in [2.75, 3.05) is 19.5 Å². The van der Waals surface area contributed by atoms with Gasteiger partial charge in [-0.15, -0.1) is 0 Å². The monoisotopic (exact) mass is 403 g/mol. The van der Waals surface area contributed by atoms with Crippen molar-refractivity contribution in [3.05, 3.63) is 18.2 Å². The number of methoxy groups -OCH3 is 2. The van der Waals surface area contributed by atoms with E-state index in [1.807, 2.05) is 0 Å². The van der Waals surface area contributed by atoms with Gasteiger partial charge in [0.25, 0.3) is 10.1 Å². The number of hydrogen-bond acceptors (Lipinski definition) is 8. The first-order valence-corrected chi connectivity index (χ1v) is 9.12. The molecule has 0 bridgehead atoms. The van der Waals surface area contributed by atoms with E-state index >= 15 is 0 Å². The molecule has 0 fully saturated rings. The molecule has 2 N–H and O–H groups in total. The molecule has 10 nitrogen and oxygen atoms in total. The van der Waals surface area contributed by atoms with Gasteiger partial charge in [-0.05, 0) is 26.0 Å². The third-order valence-corrected chi connectivity index (χ3v) is 4.40. The van der Waals surface area contributed by atoms with E-state index in [1.165, 1.54) is 33.3 Å².